The van der Waals surface area contributed by atoms with Crippen LogP contribution < -0.4 is 9.64 Å². The highest BCUT2D eigenvalue weighted by Crippen LogP contribution is 2.28. The lowest BCUT2D eigenvalue weighted by atomic mass is 10.2. The molecule has 2 aromatic carbocycles. The molecule has 1 saturated heterocycles. The summed E-state index contributed by atoms with van der Waals surface area (Å²) >= 11 is 0. The first-order valence-corrected chi connectivity index (χ1v) is 9.26. The van der Waals surface area contributed by atoms with Crippen LogP contribution in [0.3, 0.4) is 0 Å². The van der Waals surface area contributed by atoms with E-state index in [2.05, 4.69) is 4.90 Å². The molecule has 0 spiro atoms. The number of carbonyl (C=O) groups excluding carboxylic acids is 1. The number of amides is 1. The standard InChI is InChI=1S/C21H23N3O4/c1-2-28-20-9-4-3-8-19(20)22-12-14-23(15-13-22)21(25)11-10-17-6-5-7-18(16-17)24(26)27/h3-11,16H,2,12-15H2,1H3/b11-10-. The normalized spacial score (nSPS) is 14.3. The van der Waals surface area contributed by atoms with Crippen molar-refractivity contribution in [3.8, 4) is 5.75 Å². The number of ether oxygens (including phenoxy) is 1. The zero-order valence-electron chi connectivity index (χ0n) is 15.8. The van der Waals surface area contributed by atoms with Crippen molar-refractivity contribution in [2.75, 3.05) is 37.7 Å². The molecule has 1 aliphatic rings. The third-order valence-corrected chi connectivity index (χ3v) is 4.60. The number of hydrogen-bond donors (Lipinski definition) is 0. The molecule has 0 N–H and O–H groups in total. The van der Waals surface area contributed by atoms with Crippen molar-refractivity contribution in [1.82, 2.24) is 4.90 Å². The number of piperazine rings is 1. The Kier molecular flexibility index (Phi) is 6.26. The lowest BCUT2D eigenvalue weighted by molar-refractivity contribution is -0.384. The lowest BCUT2D eigenvalue weighted by Gasteiger charge is -2.36. The zero-order chi connectivity index (χ0) is 19.9. The maximum absolute atomic E-state index is 12.5. The number of nitrogens with zero attached hydrogens (tertiary/aromatic N) is 3. The molecular formula is C21H23N3O4. The topological polar surface area (TPSA) is 75.9 Å². The zero-order valence-corrected chi connectivity index (χ0v) is 15.8. The molecule has 1 fully saturated rings. The number of rotatable bonds is 6. The maximum Gasteiger partial charge on any atom is 0.270 e. The van der Waals surface area contributed by atoms with E-state index >= 15 is 0 Å². The van der Waals surface area contributed by atoms with E-state index in [9.17, 15) is 14.9 Å². The molecule has 7 nitrogen and oxygen atoms in total. The van der Waals surface area contributed by atoms with Crippen LogP contribution in [0.1, 0.15) is 12.5 Å². The van der Waals surface area contributed by atoms with Crippen LogP contribution in [0, 0.1) is 10.1 Å². The first-order valence-electron chi connectivity index (χ1n) is 9.26. The SMILES string of the molecule is CCOc1ccccc1N1CCN(C(=O)/C=C\c2cccc([N+](=O)[O-])c2)CC1. The van der Waals surface area contributed by atoms with Gasteiger partial charge in [0.05, 0.1) is 17.2 Å². The van der Waals surface area contributed by atoms with Crippen LogP contribution in [0.15, 0.2) is 54.6 Å². The summed E-state index contributed by atoms with van der Waals surface area (Å²) < 4.78 is 5.70. The van der Waals surface area contributed by atoms with E-state index in [1.165, 1.54) is 18.2 Å². The summed E-state index contributed by atoms with van der Waals surface area (Å²) in [7, 11) is 0. The van der Waals surface area contributed by atoms with Crippen LogP contribution >= 0.6 is 0 Å². The Bertz CT molecular complexity index is 873. The minimum Gasteiger partial charge on any atom is -0.492 e. The van der Waals surface area contributed by atoms with Crippen LogP contribution in [-0.4, -0.2) is 48.5 Å². The maximum atomic E-state index is 12.5. The second kappa shape index (κ2) is 9.03. The molecule has 1 amide bonds. The molecule has 0 atom stereocenters. The van der Waals surface area contributed by atoms with Gasteiger partial charge in [0.25, 0.3) is 5.69 Å². The summed E-state index contributed by atoms with van der Waals surface area (Å²) in [5, 5.41) is 10.8. The van der Waals surface area contributed by atoms with Gasteiger partial charge < -0.3 is 14.5 Å². The Balaban J connectivity index is 1.60. The quantitative estimate of drug-likeness (QED) is 0.436. The predicted molar refractivity (Wildman–Crippen MR) is 109 cm³/mol. The Morgan fingerprint density at radius 1 is 1.14 bits per heavy atom. The van der Waals surface area contributed by atoms with Crippen molar-refractivity contribution in [2.45, 2.75) is 6.92 Å². The fourth-order valence-electron chi connectivity index (χ4n) is 3.18. The molecule has 0 saturated carbocycles. The molecule has 1 heterocycles. The predicted octanol–water partition coefficient (Wildman–Crippen LogP) is 3.36. The lowest BCUT2D eigenvalue weighted by Crippen LogP contribution is -2.48. The third-order valence-electron chi connectivity index (χ3n) is 4.60. The molecule has 7 heteroatoms. The van der Waals surface area contributed by atoms with Crippen LogP contribution in [0.2, 0.25) is 0 Å². The van der Waals surface area contributed by atoms with Crippen molar-refractivity contribution in [3.05, 3.63) is 70.3 Å². The molecule has 146 valence electrons. The molecule has 0 radical (unpaired) electrons. The average Bonchev–Trinajstić information content (AvgIpc) is 2.73. The van der Waals surface area contributed by atoms with Gasteiger partial charge >= 0.3 is 0 Å². The van der Waals surface area contributed by atoms with Crippen molar-refractivity contribution >= 4 is 23.4 Å². The largest absolute Gasteiger partial charge is 0.492 e. The first-order chi connectivity index (χ1) is 13.6. The van der Waals surface area contributed by atoms with Gasteiger partial charge in [-0.3, -0.25) is 14.9 Å². The van der Waals surface area contributed by atoms with Gasteiger partial charge in [-0.2, -0.15) is 0 Å². The molecule has 0 unspecified atom stereocenters. The van der Waals surface area contributed by atoms with E-state index in [0.717, 1.165) is 24.5 Å². The van der Waals surface area contributed by atoms with E-state index in [4.69, 9.17) is 4.74 Å². The van der Waals surface area contributed by atoms with Crippen molar-refractivity contribution in [2.24, 2.45) is 0 Å². The summed E-state index contributed by atoms with van der Waals surface area (Å²) in [5.41, 5.74) is 1.69. The molecule has 0 aliphatic carbocycles. The van der Waals surface area contributed by atoms with E-state index in [1.54, 1.807) is 23.1 Å². The van der Waals surface area contributed by atoms with Gasteiger partial charge in [-0.25, -0.2) is 0 Å². The summed E-state index contributed by atoms with van der Waals surface area (Å²) in [4.78, 5) is 26.9. The second-order valence-corrected chi connectivity index (χ2v) is 6.40. The van der Waals surface area contributed by atoms with Gasteiger partial charge in [0.2, 0.25) is 5.91 Å². The van der Waals surface area contributed by atoms with E-state index in [-0.39, 0.29) is 11.6 Å². The van der Waals surface area contributed by atoms with Gasteiger partial charge in [0, 0.05) is 44.4 Å². The molecule has 2 aromatic rings. The van der Waals surface area contributed by atoms with Gasteiger partial charge in [-0.05, 0) is 30.7 Å². The molecule has 1 aliphatic heterocycles. The number of hydrogen-bond acceptors (Lipinski definition) is 5. The van der Waals surface area contributed by atoms with Crippen LogP contribution in [0.5, 0.6) is 5.75 Å². The summed E-state index contributed by atoms with van der Waals surface area (Å²) in [5.74, 6) is 0.764. The first kappa shape index (κ1) is 19.4. The summed E-state index contributed by atoms with van der Waals surface area (Å²) in [6.45, 7) is 5.23. The Morgan fingerprint density at radius 3 is 2.61 bits per heavy atom. The highest BCUT2D eigenvalue weighted by atomic mass is 16.6. The number of nitro benzene ring substituents is 1. The second-order valence-electron chi connectivity index (χ2n) is 6.40. The minimum absolute atomic E-state index is 0.0103. The van der Waals surface area contributed by atoms with E-state index in [0.29, 0.717) is 25.3 Å². The average molecular weight is 381 g/mol. The fraction of sp³-hybridized carbons (Fsp3) is 0.286. The highest BCUT2D eigenvalue weighted by molar-refractivity contribution is 5.92. The van der Waals surface area contributed by atoms with Crippen molar-refractivity contribution < 1.29 is 14.5 Å². The molecule has 3 rings (SSSR count). The molecular weight excluding hydrogens is 358 g/mol. The van der Waals surface area contributed by atoms with Gasteiger partial charge in [0.15, 0.2) is 0 Å². The smallest absolute Gasteiger partial charge is 0.270 e. The number of non-ortho nitro benzene ring substituents is 1. The molecule has 0 aromatic heterocycles. The van der Waals surface area contributed by atoms with Gasteiger partial charge in [0.1, 0.15) is 5.75 Å². The molecule has 28 heavy (non-hydrogen) atoms. The monoisotopic (exact) mass is 381 g/mol. The van der Waals surface area contributed by atoms with Crippen LogP contribution in [0.4, 0.5) is 11.4 Å². The van der Waals surface area contributed by atoms with Gasteiger partial charge in [-0.1, -0.05) is 24.3 Å². The van der Waals surface area contributed by atoms with Crippen molar-refractivity contribution in [3.63, 3.8) is 0 Å². The number of benzene rings is 2. The highest BCUT2D eigenvalue weighted by Gasteiger charge is 2.21. The number of anilines is 1. The Labute approximate surface area is 164 Å². The third kappa shape index (κ3) is 4.68. The fourth-order valence-corrected chi connectivity index (χ4v) is 3.18. The summed E-state index contributed by atoms with van der Waals surface area (Å²) in [6.07, 6.45) is 3.09. The number of nitro groups is 1. The molecule has 0 bridgehead atoms. The Morgan fingerprint density at radius 2 is 1.89 bits per heavy atom. The van der Waals surface area contributed by atoms with E-state index < -0.39 is 4.92 Å². The minimum atomic E-state index is -0.446. The van der Waals surface area contributed by atoms with Crippen molar-refractivity contribution in [1.29, 1.82) is 0 Å². The number of carbonyl (C=O) groups is 1. The van der Waals surface area contributed by atoms with Gasteiger partial charge in [-0.15, -0.1) is 0 Å². The van der Waals surface area contributed by atoms with Crippen LogP contribution in [0.25, 0.3) is 6.08 Å². The summed E-state index contributed by atoms with van der Waals surface area (Å²) in [6, 6.07) is 14.1. The van der Waals surface area contributed by atoms with Crippen LogP contribution in [-0.2, 0) is 4.79 Å². The number of para-hydroxylation sites is 2. The van der Waals surface area contributed by atoms with E-state index in [1.807, 2.05) is 31.2 Å². The Hall–Kier alpha value is -3.35.